The van der Waals surface area contributed by atoms with Gasteiger partial charge in [0.25, 0.3) is 0 Å². The highest BCUT2D eigenvalue weighted by Crippen LogP contribution is 2.16. The lowest BCUT2D eigenvalue weighted by atomic mass is 10.0. The molecule has 0 saturated carbocycles. The van der Waals surface area contributed by atoms with E-state index >= 15 is 0 Å². The van der Waals surface area contributed by atoms with Gasteiger partial charge in [0.15, 0.2) is 0 Å². The maximum absolute atomic E-state index is 10.9. The van der Waals surface area contributed by atoms with E-state index in [1.807, 2.05) is 0 Å². The van der Waals surface area contributed by atoms with Crippen molar-refractivity contribution in [3.05, 3.63) is 11.6 Å². The lowest BCUT2D eigenvalue weighted by Crippen LogP contribution is -2.35. The summed E-state index contributed by atoms with van der Waals surface area (Å²) in [5.41, 5.74) is 1.44. The molecule has 0 amide bonds. The maximum atomic E-state index is 10.9. The van der Waals surface area contributed by atoms with Crippen LogP contribution in [0.15, 0.2) is 11.6 Å². The van der Waals surface area contributed by atoms with Gasteiger partial charge in [-0.05, 0) is 33.6 Å². The Bertz CT molecular complexity index is 230. The first-order valence-electron chi connectivity index (χ1n) is 5.51. The smallest absolute Gasteiger partial charge is 0.130 e. The van der Waals surface area contributed by atoms with Crippen molar-refractivity contribution >= 4 is 5.78 Å². The highest BCUT2D eigenvalue weighted by molar-refractivity contribution is 5.75. The minimum Gasteiger partial charge on any atom is -0.300 e. The number of nitrogens with zero attached hydrogens (tertiary/aromatic N) is 1. The zero-order valence-electron chi connectivity index (χ0n) is 9.55. The molecule has 1 aliphatic rings. The van der Waals surface area contributed by atoms with E-state index in [0.29, 0.717) is 18.2 Å². The maximum Gasteiger partial charge on any atom is 0.130 e. The van der Waals surface area contributed by atoms with Crippen LogP contribution < -0.4 is 0 Å². The number of hydrogen-bond acceptors (Lipinski definition) is 2. The van der Waals surface area contributed by atoms with Crippen molar-refractivity contribution in [2.45, 2.75) is 46.1 Å². The zero-order valence-corrected chi connectivity index (χ0v) is 9.55. The van der Waals surface area contributed by atoms with E-state index in [2.05, 4.69) is 24.8 Å². The average molecular weight is 195 g/mol. The molecule has 0 spiro atoms. The van der Waals surface area contributed by atoms with Crippen LogP contribution in [0.25, 0.3) is 0 Å². The summed E-state index contributed by atoms with van der Waals surface area (Å²) >= 11 is 0. The number of rotatable bonds is 4. The van der Waals surface area contributed by atoms with E-state index in [4.69, 9.17) is 0 Å². The lowest BCUT2D eigenvalue weighted by molar-refractivity contribution is -0.116. The van der Waals surface area contributed by atoms with Crippen LogP contribution >= 0.6 is 0 Å². The summed E-state index contributed by atoms with van der Waals surface area (Å²) in [7, 11) is 0. The molecule has 0 bridgehead atoms. The minimum absolute atomic E-state index is 0.299. The molecule has 1 heterocycles. The summed E-state index contributed by atoms with van der Waals surface area (Å²) < 4.78 is 0. The molecule has 0 aliphatic carbocycles. The molecule has 2 nitrogen and oxygen atoms in total. The number of Topliss-reactive ketones (excluding diaryl/α,β-unsaturated/α-hetero) is 1. The SMILES string of the molecule is CC(=O)CCC1=CCCN(C(C)C)C1. The highest BCUT2D eigenvalue weighted by Gasteiger charge is 2.14. The summed E-state index contributed by atoms with van der Waals surface area (Å²) in [5.74, 6) is 0.299. The predicted molar refractivity (Wildman–Crippen MR) is 59.3 cm³/mol. The third kappa shape index (κ3) is 3.62. The van der Waals surface area contributed by atoms with Crippen molar-refractivity contribution in [3.63, 3.8) is 0 Å². The quantitative estimate of drug-likeness (QED) is 0.642. The number of hydrogen-bond donors (Lipinski definition) is 0. The zero-order chi connectivity index (χ0) is 10.6. The predicted octanol–water partition coefficient (Wildman–Crippen LogP) is 2.40. The van der Waals surface area contributed by atoms with Crippen LogP contribution in [0.2, 0.25) is 0 Å². The van der Waals surface area contributed by atoms with E-state index in [0.717, 1.165) is 19.4 Å². The van der Waals surface area contributed by atoms with Gasteiger partial charge < -0.3 is 4.79 Å². The molecule has 0 atom stereocenters. The molecule has 80 valence electrons. The van der Waals surface area contributed by atoms with Crippen LogP contribution in [0.3, 0.4) is 0 Å². The normalized spacial score (nSPS) is 18.4. The summed E-state index contributed by atoms with van der Waals surface area (Å²) in [6.07, 6.45) is 5.11. The second-order valence-electron chi connectivity index (χ2n) is 4.42. The molecular formula is C12H21NO. The fourth-order valence-electron chi connectivity index (χ4n) is 1.80. The van der Waals surface area contributed by atoms with Crippen LogP contribution in [-0.2, 0) is 4.79 Å². The topological polar surface area (TPSA) is 20.3 Å². The molecular weight excluding hydrogens is 174 g/mol. The standard InChI is InChI=1S/C12H21NO/c1-10(2)13-8-4-5-12(9-13)7-6-11(3)14/h5,10H,4,6-9H2,1-3H3. The molecule has 0 fully saturated rings. The van der Waals surface area contributed by atoms with E-state index in [9.17, 15) is 4.79 Å². The summed E-state index contributed by atoms with van der Waals surface area (Å²) in [6, 6.07) is 0.621. The van der Waals surface area contributed by atoms with Crippen molar-refractivity contribution in [1.82, 2.24) is 4.90 Å². The Morgan fingerprint density at radius 3 is 2.86 bits per heavy atom. The summed E-state index contributed by atoms with van der Waals surface area (Å²) in [6.45, 7) is 8.36. The number of ketones is 1. The fourth-order valence-corrected chi connectivity index (χ4v) is 1.80. The van der Waals surface area contributed by atoms with E-state index in [-0.39, 0.29) is 0 Å². The van der Waals surface area contributed by atoms with Crippen LogP contribution in [0.5, 0.6) is 0 Å². The first kappa shape index (κ1) is 11.4. The largest absolute Gasteiger partial charge is 0.300 e. The van der Waals surface area contributed by atoms with Gasteiger partial charge in [-0.2, -0.15) is 0 Å². The van der Waals surface area contributed by atoms with Gasteiger partial charge in [-0.3, -0.25) is 4.90 Å². The monoisotopic (exact) mass is 195 g/mol. The Morgan fingerprint density at radius 1 is 1.57 bits per heavy atom. The van der Waals surface area contributed by atoms with Gasteiger partial charge >= 0.3 is 0 Å². The van der Waals surface area contributed by atoms with Crippen molar-refractivity contribution in [2.24, 2.45) is 0 Å². The fraction of sp³-hybridized carbons (Fsp3) is 0.750. The van der Waals surface area contributed by atoms with Gasteiger partial charge in [-0.15, -0.1) is 0 Å². The van der Waals surface area contributed by atoms with Crippen molar-refractivity contribution in [3.8, 4) is 0 Å². The summed E-state index contributed by atoms with van der Waals surface area (Å²) in [5, 5.41) is 0. The lowest BCUT2D eigenvalue weighted by Gasteiger charge is -2.30. The molecule has 0 radical (unpaired) electrons. The third-order valence-corrected chi connectivity index (χ3v) is 2.78. The van der Waals surface area contributed by atoms with Crippen LogP contribution in [0.1, 0.15) is 40.0 Å². The van der Waals surface area contributed by atoms with E-state index in [1.165, 1.54) is 12.1 Å². The molecule has 0 aromatic rings. The Hall–Kier alpha value is -0.630. The van der Waals surface area contributed by atoms with Crippen LogP contribution in [0, 0.1) is 0 Å². The van der Waals surface area contributed by atoms with Crippen LogP contribution in [0.4, 0.5) is 0 Å². The third-order valence-electron chi connectivity index (χ3n) is 2.78. The summed E-state index contributed by atoms with van der Waals surface area (Å²) in [4.78, 5) is 13.3. The number of carbonyl (C=O) groups excluding carboxylic acids is 1. The molecule has 1 rings (SSSR count). The van der Waals surface area contributed by atoms with Crippen LogP contribution in [-0.4, -0.2) is 29.8 Å². The minimum atomic E-state index is 0.299. The first-order chi connectivity index (χ1) is 6.59. The Labute approximate surface area is 87.0 Å². The molecule has 1 aliphatic heterocycles. The molecule has 0 aromatic heterocycles. The highest BCUT2D eigenvalue weighted by atomic mass is 16.1. The molecule has 0 saturated heterocycles. The van der Waals surface area contributed by atoms with Crippen molar-refractivity contribution in [2.75, 3.05) is 13.1 Å². The Balaban J connectivity index is 2.39. The molecule has 2 heteroatoms. The van der Waals surface area contributed by atoms with Gasteiger partial charge in [0.05, 0.1) is 0 Å². The molecule has 14 heavy (non-hydrogen) atoms. The van der Waals surface area contributed by atoms with Gasteiger partial charge in [-0.25, -0.2) is 0 Å². The van der Waals surface area contributed by atoms with Gasteiger partial charge in [-0.1, -0.05) is 11.6 Å². The first-order valence-corrected chi connectivity index (χ1v) is 5.51. The van der Waals surface area contributed by atoms with Crippen molar-refractivity contribution < 1.29 is 4.79 Å². The van der Waals surface area contributed by atoms with Gasteiger partial charge in [0.1, 0.15) is 5.78 Å². The average Bonchev–Trinajstić information content (AvgIpc) is 2.15. The second kappa shape index (κ2) is 5.30. The Morgan fingerprint density at radius 2 is 2.29 bits per heavy atom. The van der Waals surface area contributed by atoms with Gasteiger partial charge in [0, 0.05) is 25.6 Å². The molecule has 0 unspecified atom stereocenters. The van der Waals surface area contributed by atoms with E-state index in [1.54, 1.807) is 6.92 Å². The second-order valence-corrected chi connectivity index (χ2v) is 4.42. The van der Waals surface area contributed by atoms with Gasteiger partial charge in [0.2, 0.25) is 0 Å². The number of carbonyl (C=O) groups is 1. The molecule has 0 N–H and O–H groups in total. The van der Waals surface area contributed by atoms with E-state index < -0.39 is 0 Å². The van der Waals surface area contributed by atoms with Crippen molar-refractivity contribution in [1.29, 1.82) is 0 Å². The molecule has 0 aromatic carbocycles. The Kier molecular flexibility index (Phi) is 4.33.